The summed E-state index contributed by atoms with van der Waals surface area (Å²) in [6, 6.07) is 10.4. The summed E-state index contributed by atoms with van der Waals surface area (Å²) >= 11 is 0. The number of allylic oxidation sites excluding steroid dienone is 2. The quantitative estimate of drug-likeness (QED) is 0.715. The number of nitrogens with zero attached hydrogens (tertiary/aromatic N) is 3. The van der Waals surface area contributed by atoms with Gasteiger partial charge in [0.25, 0.3) is 0 Å². The number of fused-ring (bicyclic) bond motifs is 3. The van der Waals surface area contributed by atoms with Crippen LogP contribution in [0.2, 0.25) is 0 Å². The molecule has 2 saturated carbocycles. The van der Waals surface area contributed by atoms with Gasteiger partial charge in [0.05, 0.1) is 11.2 Å². The number of rotatable bonds is 3. The molecule has 6 nitrogen and oxygen atoms in total. The van der Waals surface area contributed by atoms with Crippen LogP contribution in [0.15, 0.2) is 58.6 Å². The smallest absolute Gasteiger partial charge is 0.202 e. The minimum absolute atomic E-state index is 0.0512. The molecule has 1 aromatic carbocycles. The van der Waals surface area contributed by atoms with E-state index in [0.29, 0.717) is 6.54 Å². The van der Waals surface area contributed by atoms with Gasteiger partial charge < -0.3 is 0 Å². The van der Waals surface area contributed by atoms with Gasteiger partial charge in [-0.25, -0.2) is 10.4 Å². The fraction of sp³-hybridized carbons (Fsp3) is 0.407. The van der Waals surface area contributed by atoms with Crippen molar-refractivity contribution >= 4 is 33.8 Å². The van der Waals surface area contributed by atoms with Crippen LogP contribution in [-0.4, -0.2) is 33.8 Å². The van der Waals surface area contributed by atoms with Gasteiger partial charge in [0, 0.05) is 52.7 Å². The minimum atomic E-state index is -0.146. The topological polar surface area (TPSA) is 74.7 Å². The molecular weight excluding hydrogens is 412 g/mol. The molecule has 6 rings (SSSR count). The van der Waals surface area contributed by atoms with Crippen molar-refractivity contribution in [2.45, 2.75) is 46.0 Å². The van der Waals surface area contributed by atoms with Crippen molar-refractivity contribution < 1.29 is 9.59 Å². The summed E-state index contributed by atoms with van der Waals surface area (Å²) in [5.74, 6) is 0.850. The van der Waals surface area contributed by atoms with Crippen LogP contribution in [0.25, 0.3) is 16.5 Å². The molecule has 1 aromatic heterocycles. The molecule has 0 spiro atoms. The summed E-state index contributed by atoms with van der Waals surface area (Å²) in [6.07, 6.45) is 6.29. The number of carbonyl (C=O) groups is 2. The summed E-state index contributed by atoms with van der Waals surface area (Å²) in [7, 11) is 0. The fourth-order valence-electron chi connectivity index (χ4n) is 6.07. The molecule has 2 atom stereocenters. The van der Waals surface area contributed by atoms with E-state index in [4.69, 9.17) is 4.99 Å². The first kappa shape index (κ1) is 20.5. The number of hydrogen-bond acceptors (Lipinski definition) is 6. The number of aromatic nitrogens is 1. The molecule has 0 saturated heterocycles. The number of aliphatic imine (C=N–C) groups is 1. The van der Waals surface area contributed by atoms with Gasteiger partial charge in [0.15, 0.2) is 5.82 Å². The number of Topliss-reactive ketones (excluding diaryl/α,β-unsaturated/α-hetero) is 2. The Morgan fingerprint density at radius 3 is 2.52 bits per heavy atom. The molecule has 2 aliphatic heterocycles. The Labute approximate surface area is 193 Å². The lowest BCUT2D eigenvalue weighted by Gasteiger charge is -2.32. The van der Waals surface area contributed by atoms with Crippen LogP contribution in [0.3, 0.4) is 0 Å². The van der Waals surface area contributed by atoms with Crippen molar-refractivity contribution in [1.82, 2.24) is 15.4 Å². The number of nitrogens with one attached hydrogen (secondary N) is 1. The number of hydrazine groups is 1. The maximum atomic E-state index is 12.0. The molecule has 33 heavy (non-hydrogen) atoms. The van der Waals surface area contributed by atoms with E-state index in [1.807, 2.05) is 24.4 Å². The Kier molecular flexibility index (Phi) is 4.80. The molecule has 1 N–H and O–H groups in total. The van der Waals surface area contributed by atoms with E-state index in [-0.39, 0.29) is 29.3 Å². The zero-order valence-electron chi connectivity index (χ0n) is 19.1. The van der Waals surface area contributed by atoms with Gasteiger partial charge in [-0.05, 0) is 56.7 Å². The normalized spacial score (nSPS) is 27.4. The number of carbonyl (C=O) groups excluding carboxylic acids is 2. The SMILES string of the molecule is CCC1=C(C)C(C2CCC3C(=O)C(=O)C3CC2)=NC2=C(c3cnc4ccccc4c3)CNN12. The molecule has 3 heterocycles. The third-order valence-corrected chi connectivity index (χ3v) is 7.92. The second kappa shape index (κ2) is 7.73. The highest BCUT2D eigenvalue weighted by Crippen LogP contribution is 2.43. The van der Waals surface area contributed by atoms with Crippen molar-refractivity contribution in [1.29, 1.82) is 0 Å². The van der Waals surface area contributed by atoms with E-state index in [0.717, 1.165) is 65.7 Å². The Bertz CT molecular complexity index is 1260. The third-order valence-electron chi connectivity index (χ3n) is 7.92. The van der Waals surface area contributed by atoms with Crippen molar-refractivity contribution in [2.24, 2.45) is 22.7 Å². The molecule has 168 valence electrons. The molecular formula is C27H28N4O2. The Balaban J connectivity index is 1.40. The van der Waals surface area contributed by atoms with Gasteiger partial charge in [0.1, 0.15) is 0 Å². The standard InChI is InChI=1S/C27H28N4O2/c1-3-23-15(2)24(16-8-10-19-20(11-9-16)26(33)25(19)32)30-27-21(14-29-31(23)27)18-12-17-6-4-5-7-22(17)28-13-18/h4-7,12-13,16,19-20,29H,3,8-11,14H2,1-2H3. The van der Waals surface area contributed by atoms with Gasteiger partial charge in [0.2, 0.25) is 11.6 Å². The first-order valence-electron chi connectivity index (χ1n) is 12.1. The van der Waals surface area contributed by atoms with Crippen LogP contribution in [0.4, 0.5) is 0 Å². The van der Waals surface area contributed by atoms with Crippen molar-refractivity contribution in [3.05, 3.63) is 59.2 Å². The van der Waals surface area contributed by atoms with Crippen LogP contribution < -0.4 is 5.43 Å². The second-order valence-corrected chi connectivity index (χ2v) is 9.60. The fourth-order valence-corrected chi connectivity index (χ4v) is 6.07. The lowest BCUT2D eigenvalue weighted by molar-refractivity contribution is -0.153. The first-order valence-corrected chi connectivity index (χ1v) is 12.1. The minimum Gasteiger partial charge on any atom is -0.291 e. The number of pyridine rings is 1. The van der Waals surface area contributed by atoms with Crippen LogP contribution in [0, 0.1) is 17.8 Å². The van der Waals surface area contributed by atoms with Gasteiger partial charge in [-0.2, -0.15) is 0 Å². The van der Waals surface area contributed by atoms with Crippen molar-refractivity contribution in [3.63, 3.8) is 0 Å². The highest BCUT2D eigenvalue weighted by Gasteiger charge is 2.50. The first-order chi connectivity index (χ1) is 16.1. The zero-order valence-corrected chi connectivity index (χ0v) is 19.1. The number of hydrogen-bond donors (Lipinski definition) is 1. The maximum absolute atomic E-state index is 12.0. The van der Waals surface area contributed by atoms with Crippen LogP contribution >= 0.6 is 0 Å². The molecule has 2 aromatic rings. The number of ketones is 2. The third kappa shape index (κ3) is 3.11. The molecule has 4 aliphatic rings. The summed E-state index contributed by atoms with van der Waals surface area (Å²) in [6.45, 7) is 5.06. The van der Waals surface area contributed by atoms with E-state index >= 15 is 0 Å². The Hall–Kier alpha value is -3.12. The highest BCUT2D eigenvalue weighted by atomic mass is 16.2. The maximum Gasteiger partial charge on any atom is 0.202 e. The highest BCUT2D eigenvalue weighted by molar-refractivity contribution is 6.45. The Morgan fingerprint density at radius 2 is 1.79 bits per heavy atom. The lowest BCUT2D eigenvalue weighted by Crippen LogP contribution is -2.47. The average Bonchev–Trinajstić information content (AvgIpc) is 3.15. The molecule has 2 aliphatic carbocycles. The van der Waals surface area contributed by atoms with Crippen molar-refractivity contribution in [3.8, 4) is 0 Å². The van der Waals surface area contributed by atoms with Crippen LogP contribution in [0.5, 0.6) is 0 Å². The average molecular weight is 441 g/mol. The molecule has 0 radical (unpaired) electrons. The summed E-state index contributed by atoms with van der Waals surface area (Å²) in [4.78, 5) is 33.9. The van der Waals surface area contributed by atoms with Crippen LogP contribution in [0.1, 0.15) is 51.5 Å². The molecule has 2 unspecified atom stereocenters. The van der Waals surface area contributed by atoms with E-state index in [1.54, 1.807) is 0 Å². The summed E-state index contributed by atoms with van der Waals surface area (Å²) in [5, 5.41) is 3.27. The lowest BCUT2D eigenvalue weighted by atomic mass is 9.68. The van der Waals surface area contributed by atoms with Gasteiger partial charge in [-0.3, -0.25) is 19.6 Å². The van der Waals surface area contributed by atoms with E-state index in [9.17, 15) is 9.59 Å². The molecule has 0 bridgehead atoms. The largest absolute Gasteiger partial charge is 0.291 e. The van der Waals surface area contributed by atoms with Gasteiger partial charge >= 0.3 is 0 Å². The predicted octanol–water partition coefficient (Wildman–Crippen LogP) is 4.44. The van der Waals surface area contributed by atoms with Crippen molar-refractivity contribution in [2.75, 3.05) is 6.54 Å². The summed E-state index contributed by atoms with van der Waals surface area (Å²) in [5.41, 5.74) is 10.4. The van der Waals surface area contributed by atoms with E-state index in [2.05, 4.69) is 41.4 Å². The second-order valence-electron chi connectivity index (χ2n) is 9.60. The molecule has 0 amide bonds. The van der Waals surface area contributed by atoms with Crippen LogP contribution in [-0.2, 0) is 9.59 Å². The number of para-hydroxylation sites is 1. The molecule has 6 heteroatoms. The Morgan fingerprint density at radius 1 is 1.06 bits per heavy atom. The predicted molar refractivity (Wildman–Crippen MR) is 128 cm³/mol. The van der Waals surface area contributed by atoms with Gasteiger partial charge in [-0.1, -0.05) is 25.1 Å². The summed E-state index contributed by atoms with van der Waals surface area (Å²) < 4.78 is 0. The zero-order chi connectivity index (χ0) is 22.7. The number of benzene rings is 1. The molecule has 2 fully saturated rings. The van der Waals surface area contributed by atoms with Gasteiger partial charge in [-0.15, -0.1) is 0 Å². The van der Waals surface area contributed by atoms with E-state index in [1.165, 1.54) is 11.3 Å². The monoisotopic (exact) mass is 440 g/mol. The van der Waals surface area contributed by atoms with E-state index < -0.39 is 0 Å².